The van der Waals surface area contributed by atoms with Crippen molar-refractivity contribution in [2.45, 2.75) is 29.1 Å². The summed E-state index contributed by atoms with van der Waals surface area (Å²) in [5.74, 6) is 1.83. The Morgan fingerprint density at radius 3 is 2.18 bits per heavy atom. The lowest BCUT2D eigenvalue weighted by Gasteiger charge is -2.42. The Hall–Kier alpha value is -5.71. The molecule has 10 rings (SSSR count). The molecular weight excluding hydrogens is 617 g/mol. The van der Waals surface area contributed by atoms with Crippen molar-refractivity contribution < 1.29 is 4.74 Å². The van der Waals surface area contributed by atoms with Gasteiger partial charge < -0.3 is 14.2 Å². The van der Waals surface area contributed by atoms with Gasteiger partial charge in [0.25, 0.3) is 0 Å². The molecule has 0 radical (unpaired) electrons. The van der Waals surface area contributed by atoms with Crippen LogP contribution in [0.25, 0.3) is 38.6 Å². The summed E-state index contributed by atoms with van der Waals surface area (Å²) >= 11 is 1.80. The van der Waals surface area contributed by atoms with Crippen LogP contribution in [-0.2, 0) is 5.41 Å². The first kappa shape index (κ1) is 28.3. The number of para-hydroxylation sites is 4. The molecule has 8 aromatic rings. The highest BCUT2D eigenvalue weighted by Crippen LogP contribution is 2.54. The average molecular weight is 649 g/mol. The zero-order valence-electron chi connectivity index (χ0n) is 27.2. The van der Waals surface area contributed by atoms with E-state index in [0.717, 1.165) is 22.1 Å². The minimum absolute atomic E-state index is 0.172. The van der Waals surface area contributed by atoms with E-state index in [0.29, 0.717) is 0 Å². The number of hydrogen-bond acceptors (Lipinski definition) is 3. The molecule has 234 valence electrons. The summed E-state index contributed by atoms with van der Waals surface area (Å²) in [6.45, 7) is 4.71. The predicted molar refractivity (Wildman–Crippen MR) is 204 cm³/mol. The zero-order chi connectivity index (χ0) is 32.7. The van der Waals surface area contributed by atoms with Gasteiger partial charge in [0, 0.05) is 27.6 Å². The monoisotopic (exact) mass is 648 g/mol. The maximum Gasteiger partial charge on any atom is 0.142 e. The van der Waals surface area contributed by atoms with Crippen LogP contribution in [0.15, 0.2) is 168 Å². The molecule has 7 aromatic carbocycles. The van der Waals surface area contributed by atoms with Crippen molar-refractivity contribution >= 4 is 50.6 Å². The van der Waals surface area contributed by atoms with Gasteiger partial charge in [-0.3, -0.25) is 0 Å². The number of nitrogens with zero attached hydrogens (tertiary/aromatic N) is 2. The van der Waals surface area contributed by atoms with Gasteiger partial charge in [0.1, 0.15) is 11.5 Å². The topological polar surface area (TPSA) is 17.4 Å². The van der Waals surface area contributed by atoms with Gasteiger partial charge in [0.15, 0.2) is 0 Å². The van der Waals surface area contributed by atoms with Crippen LogP contribution in [0.4, 0.5) is 17.1 Å². The molecule has 0 amide bonds. The molecule has 0 saturated heterocycles. The van der Waals surface area contributed by atoms with Crippen LogP contribution in [0.3, 0.4) is 0 Å². The lowest BCUT2D eigenvalue weighted by Crippen LogP contribution is -2.30. The van der Waals surface area contributed by atoms with E-state index in [9.17, 15) is 0 Å². The number of hydrogen-bond donors (Lipinski definition) is 0. The third-order valence-corrected chi connectivity index (χ3v) is 11.4. The molecule has 0 atom stereocenters. The van der Waals surface area contributed by atoms with Crippen molar-refractivity contribution in [3.63, 3.8) is 0 Å². The first-order valence-electron chi connectivity index (χ1n) is 16.8. The maximum absolute atomic E-state index is 6.41. The van der Waals surface area contributed by atoms with E-state index in [1.807, 2.05) is 12.1 Å². The summed E-state index contributed by atoms with van der Waals surface area (Å²) in [4.78, 5) is 4.72. The molecule has 49 heavy (non-hydrogen) atoms. The van der Waals surface area contributed by atoms with E-state index in [1.54, 1.807) is 11.8 Å². The molecule has 0 bridgehead atoms. The van der Waals surface area contributed by atoms with E-state index in [-0.39, 0.29) is 5.41 Å². The van der Waals surface area contributed by atoms with Crippen molar-refractivity contribution in [3.8, 4) is 28.3 Å². The molecule has 0 spiro atoms. The van der Waals surface area contributed by atoms with Crippen molar-refractivity contribution in [1.82, 2.24) is 4.57 Å². The van der Waals surface area contributed by atoms with Gasteiger partial charge in [-0.2, -0.15) is 0 Å². The summed E-state index contributed by atoms with van der Waals surface area (Å²) in [6.07, 6.45) is 0. The predicted octanol–water partition coefficient (Wildman–Crippen LogP) is 12.8. The third-order valence-electron chi connectivity index (χ3n) is 10.2. The summed E-state index contributed by atoms with van der Waals surface area (Å²) in [7, 11) is 0. The van der Waals surface area contributed by atoms with Crippen LogP contribution in [-0.4, -0.2) is 4.57 Å². The second-order valence-electron chi connectivity index (χ2n) is 13.4. The Morgan fingerprint density at radius 1 is 0.531 bits per heavy atom. The van der Waals surface area contributed by atoms with Crippen LogP contribution >= 0.6 is 11.8 Å². The van der Waals surface area contributed by atoms with E-state index < -0.39 is 0 Å². The molecule has 3 heterocycles. The Morgan fingerprint density at radius 2 is 1.27 bits per heavy atom. The quantitative estimate of drug-likeness (QED) is 0.190. The van der Waals surface area contributed by atoms with Gasteiger partial charge in [-0.05, 0) is 95.1 Å². The Bertz CT molecular complexity index is 2600. The molecule has 2 aliphatic rings. The molecule has 1 aromatic heterocycles. The summed E-state index contributed by atoms with van der Waals surface area (Å²) in [5, 5.41) is 2.46. The van der Waals surface area contributed by atoms with Crippen molar-refractivity contribution in [2.24, 2.45) is 0 Å². The van der Waals surface area contributed by atoms with Gasteiger partial charge in [-0.15, -0.1) is 0 Å². The highest BCUT2D eigenvalue weighted by molar-refractivity contribution is 7.99. The van der Waals surface area contributed by atoms with Crippen LogP contribution in [0.1, 0.15) is 25.0 Å². The largest absolute Gasteiger partial charge is 0.455 e. The van der Waals surface area contributed by atoms with Crippen LogP contribution in [0.5, 0.6) is 11.5 Å². The molecule has 0 aliphatic carbocycles. The normalized spacial score (nSPS) is 14.1. The van der Waals surface area contributed by atoms with Crippen LogP contribution < -0.4 is 9.64 Å². The highest BCUT2D eigenvalue weighted by atomic mass is 32.2. The zero-order valence-corrected chi connectivity index (χ0v) is 28.0. The van der Waals surface area contributed by atoms with Gasteiger partial charge in [-0.25, -0.2) is 0 Å². The minimum atomic E-state index is -0.172. The van der Waals surface area contributed by atoms with Crippen molar-refractivity contribution in [3.05, 3.63) is 169 Å². The maximum atomic E-state index is 6.41. The standard InChI is InChI=1S/C45H32N2OS/c1-45(2)34-18-7-9-20-37(34)46(31-14-4-3-5-15-31)38-24-23-30(28-35(38)45)29-13-12-16-32(27-29)47-36-19-8-6-17-33(36)43-39(47)25-26-41-44(43)49-42-22-11-10-21-40(42)48-41/h3-28H,1-2H3. The van der Waals surface area contributed by atoms with Crippen molar-refractivity contribution in [2.75, 3.05) is 4.90 Å². The van der Waals surface area contributed by atoms with Crippen LogP contribution in [0.2, 0.25) is 0 Å². The molecule has 0 N–H and O–H groups in total. The Kier molecular flexibility index (Phi) is 6.15. The van der Waals surface area contributed by atoms with Crippen molar-refractivity contribution in [1.29, 1.82) is 0 Å². The fourth-order valence-corrected chi connectivity index (χ4v) is 8.98. The van der Waals surface area contributed by atoms with Crippen LogP contribution in [0, 0.1) is 0 Å². The van der Waals surface area contributed by atoms with E-state index in [4.69, 9.17) is 4.74 Å². The number of fused-ring (bicyclic) bond motifs is 8. The Balaban J connectivity index is 1.13. The minimum Gasteiger partial charge on any atom is -0.455 e. The van der Waals surface area contributed by atoms with E-state index in [2.05, 4.69) is 169 Å². The molecule has 0 saturated carbocycles. The lowest BCUT2D eigenvalue weighted by atomic mass is 9.73. The summed E-state index contributed by atoms with van der Waals surface area (Å²) < 4.78 is 8.82. The summed E-state index contributed by atoms with van der Waals surface area (Å²) in [6, 6.07) is 56.9. The second-order valence-corrected chi connectivity index (χ2v) is 14.4. The number of anilines is 3. The second kappa shape index (κ2) is 10.6. The number of aromatic nitrogens is 1. The van der Waals surface area contributed by atoms with Gasteiger partial charge in [0.05, 0.1) is 32.2 Å². The molecule has 0 fully saturated rings. The molecule has 0 unspecified atom stereocenters. The first-order chi connectivity index (χ1) is 24.1. The fourth-order valence-electron chi connectivity index (χ4n) is 7.88. The molecule has 4 heteroatoms. The number of benzene rings is 7. The third kappa shape index (κ3) is 4.24. The van der Waals surface area contributed by atoms with E-state index in [1.165, 1.54) is 66.0 Å². The summed E-state index contributed by atoms with van der Waals surface area (Å²) in [5.41, 5.74) is 12.0. The van der Waals surface area contributed by atoms with Gasteiger partial charge in [0.2, 0.25) is 0 Å². The fraction of sp³-hybridized carbons (Fsp3) is 0.0667. The molecule has 2 aliphatic heterocycles. The average Bonchev–Trinajstić information content (AvgIpc) is 3.49. The highest BCUT2D eigenvalue weighted by Gasteiger charge is 2.37. The number of rotatable bonds is 3. The molecular formula is C45H32N2OS. The van der Waals surface area contributed by atoms with Gasteiger partial charge >= 0.3 is 0 Å². The smallest absolute Gasteiger partial charge is 0.142 e. The lowest BCUT2D eigenvalue weighted by molar-refractivity contribution is 0.456. The first-order valence-corrected chi connectivity index (χ1v) is 17.6. The van der Waals surface area contributed by atoms with E-state index >= 15 is 0 Å². The number of ether oxygens (including phenoxy) is 1. The SMILES string of the molecule is CC1(C)c2ccccc2N(c2ccccc2)c2ccc(-c3cccc(-n4c5ccccc5c5c6c(ccc54)Oc4ccccc4S6)c3)cc21. The van der Waals surface area contributed by atoms with Gasteiger partial charge in [-0.1, -0.05) is 111 Å². The Labute approximate surface area is 290 Å². The molecule has 3 nitrogen and oxygen atoms in total.